The second-order valence-corrected chi connectivity index (χ2v) is 12.9. The fraction of sp³-hybridized carbons (Fsp3) is 0.278. The van der Waals surface area contributed by atoms with E-state index in [0.29, 0.717) is 23.9 Å². The Labute approximate surface area is 301 Å². The van der Waals surface area contributed by atoms with Crippen LogP contribution in [-0.4, -0.2) is 66.8 Å². The molecular weight excluding hydrogens is 707 g/mol. The first-order valence-electron chi connectivity index (χ1n) is 15.9. The average molecular weight is 744 g/mol. The Morgan fingerprint density at radius 1 is 0.941 bits per heavy atom. The van der Waals surface area contributed by atoms with E-state index in [1.54, 1.807) is 43.8 Å². The number of hydrogen-bond donors (Lipinski definition) is 0. The van der Waals surface area contributed by atoms with Crippen molar-refractivity contribution >= 4 is 34.0 Å². The molecule has 0 aliphatic carbocycles. The maximum absolute atomic E-state index is 12.4. The molecule has 2 unspecified atom stereocenters. The minimum atomic E-state index is -4.36. The van der Waals surface area contributed by atoms with Crippen LogP contribution in [0.25, 0.3) is 5.69 Å². The van der Waals surface area contributed by atoms with E-state index in [0.717, 1.165) is 17.2 Å². The van der Waals surface area contributed by atoms with Crippen LogP contribution in [0.2, 0.25) is 5.15 Å². The van der Waals surface area contributed by atoms with Crippen molar-refractivity contribution in [3.8, 4) is 28.8 Å². The number of para-hydroxylation sites is 1. The van der Waals surface area contributed by atoms with Crippen molar-refractivity contribution in [3.05, 3.63) is 115 Å². The zero-order chi connectivity index (χ0) is 36.6. The van der Waals surface area contributed by atoms with Gasteiger partial charge in [0, 0.05) is 53.7 Å². The van der Waals surface area contributed by atoms with Crippen molar-refractivity contribution in [2.75, 3.05) is 29.6 Å². The lowest BCUT2D eigenvalue weighted by atomic mass is 10.3. The molecule has 5 rings (SSSR count). The highest BCUT2D eigenvalue weighted by Gasteiger charge is 2.28. The molecule has 3 heterocycles. The molecule has 0 aliphatic heterocycles. The molecule has 51 heavy (non-hydrogen) atoms. The van der Waals surface area contributed by atoms with Gasteiger partial charge in [0.1, 0.15) is 35.6 Å². The van der Waals surface area contributed by atoms with E-state index in [1.807, 2.05) is 79.7 Å². The number of halogens is 4. The zero-order valence-corrected chi connectivity index (χ0v) is 29.5. The van der Waals surface area contributed by atoms with Crippen LogP contribution >= 0.6 is 11.6 Å². The van der Waals surface area contributed by atoms with Gasteiger partial charge in [-0.1, -0.05) is 35.9 Å². The second kappa shape index (κ2) is 19.4. The Kier molecular flexibility index (Phi) is 14.8. The molecule has 2 atom stereocenters. The van der Waals surface area contributed by atoms with Crippen molar-refractivity contribution in [2.24, 2.45) is 0 Å². The maximum Gasteiger partial charge on any atom is 0.390 e. The van der Waals surface area contributed by atoms with E-state index in [-0.39, 0.29) is 35.9 Å². The average Bonchev–Trinajstić information content (AvgIpc) is 3.52. The number of aromatic nitrogens is 4. The van der Waals surface area contributed by atoms with Crippen molar-refractivity contribution in [1.82, 2.24) is 19.7 Å². The molecule has 15 heteroatoms. The van der Waals surface area contributed by atoms with Gasteiger partial charge in [-0.3, -0.25) is 14.0 Å². The van der Waals surface area contributed by atoms with E-state index >= 15 is 0 Å². The largest absolute Gasteiger partial charge is 0.490 e. The number of hydrogen-bond acceptors (Lipinski definition) is 8. The van der Waals surface area contributed by atoms with Crippen LogP contribution in [0, 0.1) is 0 Å². The molecule has 0 saturated heterocycles. The Balaban J connectivity index is 0.000000230. The number of pyridine rings is 2. The molecule has 0 N–H and O–H groups in total. The van der Waals surface area contributed by atoms with E-state index in [9.17, 15) is 22.2 Å². The number of amides is 1. The second-order valence-electron chi connectivity index (χ2n) is 10.9. The maximum atomic E-state index is 12.4. The quantitative estimate of drug-likeness (QED) is 0.106. The summed E-state index contributed by atoms with van der Waals surface area (Å²) in [5.41, 5.74) is 1.02. The van der Waals surface area contributed by atoms with Gasteiger partial charge in [0.25, 0.3) is 0 Å². The summed E-state index contributed by atoms with van der Waals surface area (Å²) in [5, 5.41) is 4.25. The van der Waals surface area contributed by atoms with Gasteiger partial charge >= 0.3 is 6.18 Å². The van der Waals surface area contributed by atoms with Gasteiger partial charge in [0.05, 0.1) is 24.5 Å². The summed E-state index contributed by atoms with van der Waals surface area (Å²) in [4.78, 5) is 21.9. The van der Waals surface area contributed by atoms with Crippen molar-refractivity contribution in [2.45, 2.75) is 39.0 Å². The SMILES string of the molecule is CC(COc1ccc(Oc2ccccc2)cc1)Oc1ccccn1.CCN(C(=O)CCS(=O)CCC(F)(F)F)c1cn(-c2cccnc2)nc1Cl. The number of nitrogens with zero attached hydrogens (tertiary/aromatic N) is 5. The Morgan fingerprint density at radius 2 is 1.65 bits per heavy atom. The smallest absolute Gasteiger partial charge is 0.390 e. The molecule has 0 saturated carbocycles. The Bertz CT molecular complexity index is 1800. The van der Waals surface area contributed by atoms with Gasteiger partial charge in [0.15, 0.2) is 5.15 Å². The number of ether oxygens (including phenoxy) is 3. The van der Waals surface area contributed by atoms with Crippen LogP contribution < -0.4 is 19.1 Å². The first-order chi connectivity index (χ1) is 24.5. The lowest BCUT2D eigenvalue weighted by molar-refractivity contribution is -0.129. The molecule has 0 radical (unpaired) electrons. The Morgan fingerprint density at radius 3 is 2.29 bits per heavy atom. The monoisotopic (exact) mass is 743 g/mol. The highest BCUT2D eigenvalue weighted by atomic mass is 35.5. The number of carbonyl (C=O) groups is 1. The van der Waals surface area contributed by atoms with Crippen LogP contribution in [0.1, 0.15) is 26.7 Å². The van der Waals surface area contributed by atoms with Crippen molar-refractivity contribution in [3.63, 3.8) is 0 Å². The summed E-state index contributed by atoms with van der Waals surface area (Å²) < 4.78 is 66.8. The third-order valence-corrected chi connectivity index (χ3v) is 8.46. The predicted molar refractivity (Wildman–Crippen MR) is 190 cm³/mol. The molecule has 0 aliphatic rings. The molecular formula is C36H37ClF3N5O5S. The van der Waals surface area contributed by atoms with Crippen LogP contribution in [-0.2, 0) is 15.6 Å². The highest BCUT2D eigenvalue weighted by molar-refractivity contribution is 7.84. The summed E-state index contributed by atoms with van der Waals surface area (Å²) >= 11 is 6.14. The van der Waals surface area contributed by atoms with Crippen molar-refractivity contribution in [1.29, 1.82) is 0 Å². The molecule has 3 aromatic heterocycles. The lowest BCUT2D eigenvalue weighted by Crippen LogP contribution is -2.31. The van der Waals surface area contributed by atoms with Crippen LogP contribution in [0.4, 0.5) is 18.9 Å². The normalized spacial score (nSPS) is 12.2. The molecule has 5 aromatic rings. The van der Waals surface area contributed by atoms with Gasteiger partial charge < -0.3 is 19.1 Å². The topological polar surface area (TPSA) is 109 Å². The number of carbonyl (C=O) groups excluding carboxylic acids is 1. The van der Waals surface area contributed by atoms with Gasteiger partial charge in [-0.25, -0.2) is 9.67 Å². The van der Waals surface area contributed by atoms with Gasteiger partial charge in [-0.05, 0) is 68.4 Å². The van der Waals surface area contributed by atoms with Gasteiger partial charge in [-0.2, -0.15) is 18.3 Å². The van der Waals surface area contributed by atoms with Crippen LogP contribution in [0.5, 0.6) is 23.1 Å². The van der Waals surface area contributed by atoms with Crippen LogP contribution in [0.3, 0.4) is 0 Å². The van der Waals surface area contributed by atoms with E-state index in [2.05, 4.69) is 15.1 Å². The summed E-state index contributed by atoms with van der Waals surface area (Å²) in [7, 11) is -1.72. The minimum Gasteiger partial charge on any atom is -0.490 e. The third-order valence-electron chi connectivity index (χ3n) is 6.87. The third kappa shape index (κ3) is 13.4. The first-order valence-corrected chi connectivity index (χ1v) is 17.8. The molecule has 0 spiro atoms. The highest BCUT2D eigenvalue weighted by Crippen LogP contribution is 2.27. The number of rotatable bonds is 15. The van der Waals surface area contributed by atoms with Crippen molar-refractivity contribution < 1.29 is 36.4 Å². The summed E-state index contributed by atoms with van der Waals surface area (Å²) in [6.07, 6.45) is 0.729. The minimum absolute atomic E-state index is 0.0971. The van der Waals surface area contributed by atoms with E-state index in [4.69, 9.17) is 25.8 Å². The number of alkyl halides is 3. The summed E-state index contributed by atoms with van der Waals surface area (Å²) in [6, 6.07) is 26.3. The van der Waals surface area contributed by atoms with Crippen LogP contribution in [0.15, 0.2) is 110 Å². The number of anilines is 1. The zero-order valence-electron chi connectivity index (χ0n) is 27.9. The van der Waals surface area contributed by atoms with Gasteiger partial charge in [0.2, 0.25) is 11.8 Å². The summed E-state index contributed by atoms with van der Waals surface area (Å²) in [6.45, 7) is 4.40. The fourth-order valence-corrected chi connectivity index (χ4v) is 5.69. The van der Waals surface area contributed by atoms with Gasteiger partial charge in [-0.15, -0.1) is 0 Å². The standard InChI is InChI=1S/C20H19NO3.C16H18ClF3N4O2S/c1-16(23-20-9-5-6-14-21-20)15-22-17-10-12-19(13-11-17)24-18-7-3-2-4-8-18;1-2-23(14(25)5-8-27(26)9-6-16(18,19)20)13-11-24(22-15(13)17)12-4-3-7-21-10-12/h2-14,16H,15H2,1H3;3-4,7,10-11H,2,5-6,8-9H2,1H3. The molecule has 270 valence electrons. The fourth-order valence-electron chi connectivity index (χ4n) is 4.39. The lowest BCUT2D eigenvalue weighted by Gasteiger charge is -2.19. The molecule has 10 nitrogen and oxygen atoms in total. The summed E-state index contributed by atoms with van der Waals surface area (Å²) in [5.74, 6) is 1.91. The first kappa shape index (κ1) is 38.8. The molecule has 0 fully saturated rings. The predicted octanol–water partition coefficient (Wildman–Crippen LogP) is 8.09. The molecule has 0 bridgehead atoms. The van der Waals surface area contributed by atoms with E-state index in [1.165, 1.54) is 9.58 Å². The Hall–Kier alpha value is -4.95. The molecule has 1 amide bonds. The number of benzene rings is 2. The molecule has 2 aromatic carbocycles. The van der Waals surface area contributed by atoms with E-state index < -0.39 is 29.1 Å².